The summed E-state index contributed by atoms with van der Waals surface area (Å²) in [4.78, 5) is 45.0. The van der Waals surface area contributed by atoms with Crippen LogP contribution in [-0.2, 0) is 49.0 Å². The first kappa shape index (κ1) is 39.6. The number of aliphatic hydroxyl groups excluding tert-OH is 5. The van der Waals surface area contributed by atoms with E-state index in [0.717, 1.165) is 11.1 Å². The van der Waals surface area contributed by atoms with E-state index in [-0.39, 0.29) is 31.4 Å². The number of anilines is 2. The van der Waals surface area contributed by atoms with Gasteiger partial charge in [-0.1, -0.05) is 59.3 Å². The lowest BCUT2D eigenvalue weighted by Gasteiger charge is -2.37. The van der Waals surface area contributed by atoms with Crippen molar-refractivity contribution in [3.8, 4) is 0 Å². The van der Waals surface area contributed by atoms with E-state index in [4.69, 9.17) is 9.47 Å². The van der Waals surface area contributed by atoms with Crippen LogP contribution >= 0.6 is 15.9 Å². The van der Waals surface area contributed by atoms with Gasteiger partial charge in [0.1, 0.15) is 18.3 Å². The molecule has 0 aliphatic carbocycles. The van der Waals surface area contributed by atoms with Crippen LogP contribution in [0.2, 0.25) is 18.6 Å². The van der Waals surface area contributed by atoms with Crippen molar-refractivity contribution in [2.45, 2.75) is 99.9 Å². The molecule has 7 rings (SSSR count). The van der Waals surface area contributed by atoms with E-state index >= 15 is 4.11 Å². The molecule has 3 amide bonds. The summed E-state index contributed by atoms with van der Waals surface area (Å²) in [5.41, 5.74) is 1.90. The molecule has 0 saturated carbocycles. The van der Waals surface area contributed by atoms with Crippen molar-refractivity contribution in [1.29, 1.82) is 0 Å². The molecule has 10 atom stereocenters. The van der Waals surface area contributed by atoms with Gasteiger partial charge in [0.05, 0.1) is 37.4 Å². The average molecular weight is 843 g/mol. The maximum Gasteiger partial charge on any atom is 0.264 e. The number of hydrogen-bond acceptors (Lipinski definition) is 10. The molecule has 13 nitrogen and oxygen atoms in total. The topological polar surface area (TPSA) is 189 Å². The standard InChI is InChI=1S/C39H45BrFN3O10Si/c1-20-35(55(2,3)41)29(16-30(46)43-18-23-7-5-4-6-22(23)14-26(43)19-45)54-39(20)27-15-24(40)10-13-28(27)44(38(39)52)17-21-8-11-25(12-9-21)42-36(50)34-32(48)31(47)33(49)37(51)53-34/h4-13,15,20,26,29,31-35,37,45,47-49,51H,14,16-19H2,1-3H3,(H,42,50)/t20-,26+,29+,31+,32+,33-,34+,35-,37-,39+/m1/s1. The number of fused-ring (bicyclic) bond motifs is 3. The summed E-state index contributed by atoms with van der Waals surface area (Å²) in [5.74, 6) is -2.14. The van der Waals surface area contributed by atoms with Gasteiger partial charge in [0.15, 0.2) is 18.0 Å². The Labute approximate surface area is 327 Å². The number of halogens is 2. The van der Waals surface area contributed by atoms with E-state index in [1.165, 1.54) is 0 Å². The number of aliphatic hydroxyl groups is 5. The van der Waals surface area contributed by atoms with E-state index in [1.54, 1.807) is 59.3 Å². The van der Waals surface area contributed by atoms with Gasteiger partial charge >= 0.3 is 0 Å². The molecule has 0 bridgehead atoms. The third kappa shape index (κ3) is 7.06. The molecule has 294 valence electrons. The molecule has 3 aromatic carbocycles. The van der Waals surface area contributed by atoms with Crippen molar-refractivity contribution in [3.63, 3.8) is 0 Å². The van der Waals surface area contributed by atoms with E-state index in [2.05, 4.69) is 21.2 Å². The van der Waals surface area contributed by atoms with Gasteiger partial charge in [0.25, 0.3) is 11.8 Å². The maximum absolute atomic E-state index is 16.5. The van der Waals surface area contributed by atoms with Crippen LogP contribution in [0.5, 0.6) is 0 Å². The molecule has 2 fully saturated rings. The van der Waals surface area contributed by atoms with Crippen molar-refractivity contribution in [3.05, 3.63) is 93.5 Å². The van der Waals surface area contributed by atoms with Crippen LogP contribution in [0.25, 0.3) is 0 Å². The molecule has 55 heavy (non-hydrogen) atoms. The highest BCUT2D eigenvalue weighted by atomic mass is 79.9. The molecule has 1 spiro atoms. The molecule has 0 radical (unpaired) electrons. The van der Waals surface area contributed by atoms with Crippen LogP contribution < -0.4 is 10.2 Å². The van der Waals surface area contributed by atoms with Crippen LogP contribution in [0.4, 0.5) is 15.5 Å². The number of nitrogens with one attached hydrogen (secondary N) is 1. The Kier molecular flexibility index (Phi) is 10.9. The minimum Gasteiger partial charge on any atom is -0.394 e. The van der Waals surface area contributed by atoms with Gasteiger partial charge < -0.3 is 54.2 Å². The zero-order valence-corrected chi connectivity index (χ0v) is 33.1. The van der Waals surface area contributed by atoms with Crippen LogP contribution in [0.3, 0.4) is 0 Å². The van der Waals surface area contributed by atoms with Gasteiger partial charge in [-0.05, 0) is 66.5 Å². The second-order valence-corrected chi connectivity index (χ2v) is 20.2. The second-order valence-electron chi connectivity index (χ2n) is 15.5. The Hall–Kier alpha value is -3.58. The zero-order chi connectivity index (χ0) is 39.6. The fraction of sp³-hybridized carbons (Fsp3) is 0.462. The van der Waals surface area contributed by atoms with Gasteiger partial charge in [-0.15, -0.1) is 0 Å². The molecule has 4 aliphatic rings. The van der Waals surface area contributed by atoms with Crippen molar-refractivity contribution in [2.24, 2.45) is 5.92 Å². The number of hydrogen-bond donors (Lipinski definition) is 6. The third-order valence-electron chi connectivity index (χ3n) is 11.6. The predicted octanol–water partition coefficient (Wildman–Crippen LogP) is 2.85. The third-order valence-corrected chi connectivity index (χ3v) is 14.5. The zero-order valence-electron chi connectivity index (χ0n) is 30.5. The smallest absolute Gasteiger partial charge is 0.264 e. The van der Waals surface area contributed by atoms with Gasteiger partial charge in [-0.3, -0.25) is 14.4 Å². The highest BCUT2D eigenvalue weighted by Gasteiger charge is 2.67. The molecule has 4 heterocycles. The van der Waals surface area contributed by atoms with Gasteiger partial charge in [-0.25, -0.2) is 0 Å². The van der Waals surface area contributed by atoms with Crippen LogP contribution in [0.15, 0.2) is 71.2 Å². The molecular weight excluding hydrogens is 797 g/mol. The largest absolute Gasteiger partial charge is 0.394 e. The summed E-state index contributed by atoms with van der Waals surface area (Å²) in [6.07, 6.45) is -9.44. The summed E-state index contributed by atoms with van der Waals surface area (Å²) in [5, 5.41) is 52.6. The van der Waals surface area contributed by atoms with Crippen LogP contribution in [-0.4, -0.2) is 106 Å². The summed E-state index contributed by atoms with van der Waals surface area (Å²) in [7, 11) is -3.58. The van der Waals surface area contributed by atoms with E-state index < -0.39 is 74.2 Å². The number of rotatable bonds is 8. The lowest BCUT2D eigenvalue weighted by molar-refractivity contribution is -0.274. The molecular formula is C39H45BrFN3O10Si. The SMILES string of the molecule is C[C@@H]1[C@@H]([Si](C)(C)F)[C@H](CC(=O)N2Cc3ccccc3C[C@H]2CO)O[C@@]12C(=O)N(Cc1ccc(NC(=O)[C@H]3O[C@@H](O)[C@H](O)[C@@H](O)[C@@H]3O)cc1)c1ccc(Br)cc12. The lowest BCUT2D eigenvalue weighted by atomic mass is 9.82. The number of carbonyl (C=O) groups is 3. The predicted molar refractivity (Wildman–Crippen MR) is 204 cm³/mol. The molecule has 16 heteroatoms. The Bertz CT molecular complexity index is 1970. The molecule has 3 aromatic rings. The Balaban J connectivity index is 1.13. The number of ether oxygens (including phenoxy) is 2. The summed E-state index contributed by atoms with van der Waals surface area (Å²) in [6.45, 7) is 5.17. The normalized spacial score (nSPS) is 31.7. The Morgan fingerprint density at radius 2 is 1.69 bits per heavy atom. The monoisotopic (exact) mass is 841 g/mol. The van der Waals surface area contributed by atoms with Crippen LogP contribution in [0, 0.1) is 5.92 Å². The molecule has 6 N–H and O–H groups in total. The Morgan fingerprint density at radius 3 is 2.36 bits per heavy atom. The quantitative estimate of drug-likeness (QED) is 0.145. The number of benzene rings is 3. The van der Waals surface area contributed by atoms with E-state index in [1.807, 2.05) is 37.3 Å². The summed E-state index contributed by atoms with van der Waals surface area (Å²) in [6, 6.07) is 19.3. The fourth-order valence-corrected chi connectivity index (χ4v) is 11.7. The minimum atomic E-state index is -3.58. The molecule has 4 aliphatic heterocycles. The highest BCUT2D eigenvalue weighted by Crippen LogP contribution is 2.60. The average Bonchev–Trinajstić information content (AvgIpc) is 3.57. The highest BCUT2D eigenvalue weighted by molar-refractivity contribution is 9.10. The molecule has 0 unspecified atom stereocenters. The van der Waals surface area contributed by atoms with Crippen molar-refractivity contribution in [1.82, 2.24) is 4.90 Å². The van der Waals surface area contributed by atoms with Gasteiger partial charge in [-0.2, -0.15) is 0 Å². The number of nitrogens with zero attached hydrogens (tertiary/aromatic N) is 2. The first-order chi connectivity index (χ1) is 26.0. The maximum atomic E-state index is 16.5. The molecule has 2 saturated heterocycles. The molecule has 0 aromatic heterocycles. The number of amides is 3. The van der Waals surface area contributed by atoms with E-state index in [9.17, 15) is 39.9 Å². The fourth-order valence-electron chi connectivity index (χ4n) is 8.88. The van der Waals surface area contributed by atoms with Crippen molar-refractivity contribution in [2.75, 3.05) is 16.8 Å². The van der Waals surface area contributed by atoms with Crippen LogP contribution in [0.1, 0.15) is 35.6 Å². The Morgan fingerprint density at radius 1 is 1.00 bits per heavy atom. The number of carbonyl (C=O) groups excluding carboxylic acids is 3. The summed E-state index contributed by atoms with van der Waals surface area (Å²) < 4.78 is 29.0. The summed E-state index contributed by atoms with van der Waals surface area (Å²) >= 11 is 3.55. The first-order valence-corrected chi connectivity index (χ1v) is 22.0. The van der Waals surface area contributed by atoms with Crippen molar-refractivity contribution >= 4 is 53.4 Å². The van der Waals surface area contributed by atoms with Gasteiger partial charge in [0, 0.05) is 33.7 Å². The second kappa shape index (κ2) is 15.1. The van der Waals surface area contributed by atoms with Crippen molar-refractivity contribution < 1.29 is 53.5 Å². The van der Waals surface area contributed by atoms with Gasteiger partial charge in [0.2, 0.25) is 14.3 Å². The lowest BCUT2D eigenvalue weighted by Crippen LogP contribution is -2.60. The minimum absolute atomic E-state index is 0.0936. The van der Waals surface area contributed by atoms with E-state index in [0.29, 0.717) is 39.9 Å². The first-order valence-electron chi connectivity index (χ1n) is 18.3.